The third-order valence-corrected chi connectivity index (χ3v) is 3.14. The van der Waals surface area contributed by atoms with Crippen LogP contribution in [0.2, 0.25) is 0 Å². The molecule has 0 aliphatic heterocycles. The van der Waals surface area contributed by atoms with E-state index in [1.807, 2.05) is 42.5 Å². The van der Waals surface area contributed by atoms with Crippen LogP contribution in [-0.4, -0.2) is 5.92 Å². The van der Waals surface area contributed by atoms with Gasteiger partial charge in [-0.25, -0.2) is 8.78 Å². The second-order valence-corrected chi connectivity index (χ2v) is 4.64. The number of hydrogen-bond donors (Lipinski definition) is 0. The van der Waals surface area contributed by atoms with Crippen molar-refractivity contribution in [1.82, 2.24) is 0 Å². The van der Waals surface area contributed by atoms with Crippen LogP contribution in [0.1, 0.15) is 24.8 Å². The molecule has 0 N–H and O–H groups in total. The van der Waals surface area contributed by atoms with E-state index in [2.05, 4.69) is 6.92 Å². The molecule has 0 aliphatic carbocycles. The molecule has 0 saturated heterocycles. The molecule has 0 unspecified atom stereocenters. The smallest absolute Gasteiger partial charge is 0.207 e. The van der Waals surface area contributed by atoms with Gasteiger partial charge in [-0.1, -0.05) is 49.4 Å². The lowest BCUT2D eigenvalue weighted by molar-refractivity contribution is -0.0149. The SMILES string of the molecule is [CH2]CCC(F)(F)CCc1ccc2ccccc2c1. The van der Waals surface area contributed by atoms with Gasteiger partial charge >= 0.3 is 0 Å². The Hall–Kier alpha value is -1.44. The van der Waals surface area contributed by atoms with Gasteiger partial charge in [0, 0.05) is 12.8 Å². The van der Waals surface area contributed by atoms with E-state index in [4.69, 9.17) is 0 Å². The van der Waals surface area contributed by atoms with Gasteiger partial charge in [0.2, 0.25) is 5.92 Å². The zero-order chi connectivity index (χ0) is 13.0. The minimum absolute atomic E-state index is 0.0964. The molecule has 0 spiro atoms. The number of aryl methyl sites for hydroxylation is 1. The molecule has 0 bridgehead atoms. The highest BCUT2D eigenvalue weighted by molar-refractivity contribution is 5.82. The van der Waals surface area contributed by atoms with Crippen molar-refractivity contribution >= 4 is 10.8 Å². The van der Waals surface area contributed by atoms with Crippen LogP contribution in [-0.2, 0) is 6.42 Å². The average Bonchev–Trinajstić information content (AvgIpc) is 2.36. The molecule has 18 heavy (non-hydrogen) atoms. The maximum atomic E-state index is 13.4. The molecule has 2 aromatic carbocycles. The van der Waals surface area contributed by atoms with Crippen LogP contribution >= 0.6 is 0 Å². The Kier molecular flexibility index (Phi) is 3.95. The van der Waals surface area contributed by atoms with Gasteiger partial charge < -0.3 is 0 Å². The highest BCUT2D eigenvalue weighted by atomic mass is 19.3. The van der Waals surface area contributed by atoms with Gasteiger partial charge in [-0.2, -0.15) is 0 Å². The standard InChI is InChI=1S/C16H17F2/c1-2-10-16(17,18)11-9-13-7-8-14-5-3-4-6-15(14)12-13/h3-8,12H,1-2,9-11H2. The van der Waals surface area contributed by atoms with Gasteiger partial charge in [-0.15, -0.1) is 0 Å². The zero-order valence-electron chi connectivity index (χ0n) is 10.3. The van der Waals surface area contributed by atoms with E-state index < -0.39 is 5.92 Å². The van der Waals surface area contributed by atoms with E-state index in [1.54, 1.807) is 0 Å². The summed E-state index contributed by atoms with van der Waals surface area (Å²) in [4.78, 5) is 0. The summed E-state index contributed by atoms with van der Waals surface area (Å²) in [6, 6.07) is 13.9. The molecule has 0 heterocycles. The quantitative estimate of drug-likeness (QED) is 0.695. The first-order valence-electron chi connectivity index (χ1n) is 6.25. The Morgan fingerprint density at radius 2 is 1.67 bits per heavy atom. The molecule has 95 valence electrons. The Morgan fingerprint density at radius 1 is 0.944 bits per heavy atom. The predicted molar refractivity (Wildman–Crippen MR) is 71.8 cm³/mol. The number of benzene rings is 2. The Balaban J connectivity index is 2.08. The zero-order valence-corrected chi connectivity index (χ0v) is 10.3. The lowest BCUT2D eigenvalue weighted by atomic mass is 10.0. The van der Waals surface area contributed by atoms with Crippen molar-refractivity contribution < 1.29 is 8.78 Å². The van der Waals surface area contributed by atoms with Crippen LogP contribution in [0, 0.1) is 6.92 Å². The summed E-state index contributed by atoms with van der Waals surface area (Å²) in [6.07, 6.45) is 0.476. The highest BCUT2D eigenvalue weighted by Crippen LogP contribution is 2.27. The van der Waals surface area contributed by atoms with Crippen molar-refractivity contribution in [2.45, 2.75) is 31.6 Å². The second-order valence-electron chi connectivity index (χ2n) is 4.64. The molecule has 0 nitrogen and oxygen atoms in total. The minimum Gasteiger partial charge on any atom is -0.207 e. The van der Waals surface area contributed by atoms with Crippen LogP contribution in [0.15, 0.2) is 42.5 Å². The molecule has 0 aliphatic rings. The molecule has 0 amide bonds. The third kappa shape index (κ3) is 3.28. The fourth-order valence-electron chi connectivity index (χ4n) is 2.11. The number of rotatable bonds is 5. The van der Waals surface area contributed by atoms with Crippen molar-refractivity contribution in [2.75, 3.05) is 0 Å². The third-order valence-electron chi connectivity index (χ3n) is 3.14. The van der Waals surface area contributed by atoms with Crippen LogP contribution in [0.5, 0.6) is 0 Å². The first kappa shape index (κ1) is 13.0. The second kappa shape index (κ2) is 5.47. The average molecular weight is 247 g/mol. The van der Waals surface area contributed by atoms with E-state index in [0.717, 1.165) is 16.3 Å². The molecule has 0 fully saturated rings. The topological polar surface area (TPSA) is 0 Å². The predicted octanol–water partition coefficient (Wildman–Crippen LogP) is 5.02. The van der Waals surface area contributed by atoms with Gasteiger partial charge in [-0.05, 0) is 29.2 Å². The Labute approximate surface area is 107 Å². The summed E-state index contributed by atoms with van der Waals surface area (Å²) in [5.74, 6) is -2.59. The molecule has 2 aromatic rings. The van der Waals surface area contributed by atoms with Gasteiger partial charge in [0.1, 0.15) is 0 Å². The maximum absolute atomic E-state index is 13.4. The van der Waals surface area contributed by atoms with Crippen molar-refractivity contribution in [2.24, 2.45) is 0 Å². The van der Waals surface area contributed by atoms with Crippen molar-refractivity contribution in [3.05, 3.63) is 55.0 Å². The molecule has 2 heteroatoms. The Morgan fingerprint density at radius 3 is 2.39 bits per heavy atom. The summed E-state index contributed by atoms with van der Waals surface area (Å²) in [5, 5.41) is 2.25. The molecule has 0 atom stereocenters. The molecular formula is C16H17F2. The number of hydrogen-bond acceptors (Lipinski definition) is 0. The molecule has 0 saturated carbocycles. The first-order valence-corrected chi connectivity index (χ1v) is 6.25. The van der Waals surface area contributed by atoms with E-state index in [9.17, 15) is 8.78 Å². The Bertz CT molecular complexity index is 517. The fourth-order valence-corrected chi connectivity index (χ4v) is 2.11. The van der Waals surface area contributed by atoms with Crippen molar-refractivity contribution in [3.63, 3.8) is 0 Å². The summed E-state index contributed by atoms with van der Waals surface area (Å²) in [6.45, 7) is 3.49. The van der Waals surface area contributed by atoms with Crippen molar-refractivity contribution in [1.29, 1.82) is 0 Å². The van der Waals surface area contributed by atoms with Gasteiger partial charge in [0.05, 0.1) is 0 Å². The molecule has 2 rings (SSSR count). The monoisotopic (exact) mass is 247 g/mol. The van der Waals surface area contributed by atoms with Crippen LogP contribution in [0.25, 0.3) is 10.8 Å². The number of fused-ring (bicyclic) bond motifs is 1. The van der Waals surface area contributed by atoms with E-state index in [1.165, 1.54) is 0 Å². The van der Waals surface area contributed by atoms with Crippen LogP contribution < -0.4 is 0 Å². The lowest BCUT2D eigenvalue weighted by Crippen LogP contribution is -2.16. The highest BCUT2D eigenvalue weighted by Gasteiger charge is 2.26. The molecule has 0 aromatic heterocycles. The van der Waals surface area contributed by atoms with Gasteiger partial charge in [-0.3, -0.25) is 0 Å². The summed E-state index contributed by atoms with van der Waals surface area (Å²) >= 11 is 0. The fraction of sp³-hybridized carbons (Fsp3) is 0.312. The maximum Gasteiger partial charge on any atom is 0.248 e. The van der Waals surface area contributed by atoms with Gasteiger partial charge in [0.15, 0.2) is 0 Å². The van der Waals surface area contributed by atoms with Crippen molar-refractivity contribution in [3.8, 4) is 0 Å². The minimum atomic E-state index is -2.59. The first-order chi connectivity index (χ1) is 8.61. The van der Waals surface area contributed by atoms with Crippen LogP contribution in [0.4, 0.5) is 8.78 Å². The molecule has 1 radical (unpaired) electrons. The van der Waals surface area contributed by atoms with E-state index in [-0.39, 0.29) is 19.3 Å². The number of halogens is 2. The van der Waals surface area contributed by atoms with Gasteiger partial charge in [0.25, 0.3) is 0 Å². The summed E-state index contributed by atoms with van der Waals surface area (Å²) in [7, 11) is 0. The lowest BCUT2D eigenvalue weighted by Gasteiger charge is -2.15. The van der Waals surface area contributed by atoms with Crippen LogP contribution in [0.3, 0.4) is 0 Å². The number of alkyl halides is 2. The molecular weight excluding hydrogens is 230 g/mol. The normalized spacial score (nSPS) is 11.9. The van der Waals surface area contributed by atoms with E-state index >= 15 is 0 Å². The summed E-state index contributed by atoms with van der Waals surface area (Å²) in [5.41, 5.74) is 0.970. The van der Waals surface area contributed by atoms with E-state index in [0.29, 0.717) is 6.42 Å². The summed E-state index contributed by atoms with van der Waals surface area (Å²) < 4.78 is 26.8. The largest absolute Gasteiger partial charge is 0.248 e.